The van der Waals surface area contributed by atoms with Gasteiger partial charge in [-0.2, -0.15) is 39.8 Å². The van der Waals surface area contributed by atoms with Crippen molar-refractivity contribution in [3.63, 3.8) is 0 Å². The Hall–Kier alpha value is -1.21. The molecule has 0 radical (unpaired) electrons. The van der Waals surface area contributed by atoms with E-state index in [1.165, 1.54) is 5.57 Å². The number of carbonyl (C=O) groups excluding carboxylic acids is 1. The van der Waals surface area contributed by atoms with Crippen LogP contribution >= 0.6 is 0 Å². The van der Waals surface area contributed by atoms with Gasteiger partial charge in [-0.25, -0.2) is 0 Å². The van der Waals surface area contributed by atoms with Gasteiger partial charge in [0.05, 0.1) is 5.76 Å². The third-order valence-electron chi connectivity index (χ3n) is 12.3. The summed E-state index contributed by atoms with van der Waals surface area (Å²) >= 11 is 0. The van der Waals surface area contributed by atoms with E-state index in [-0.39, 0.29) is 41.3 Å². The fourth-order valence-corrected chi connectivity index (χ4v) is 28.2. The minimum absolute atomic E-state index is 0. The van der Waals surface area contributed by atoms with Crippen molar-refractivity contribution in [1.29, 1.82) is 0 Å². The van der Waals surface area contributed by atoms with Gasteiger partial charge in [-0.3, -0.25) is 4.79 Å². The van der Waals surface area contributed by atoms with Crippen LogP contribution in [-0.4, -0.2) is 44.7 Å². The number of hydrogen-bond acceptors (Lipinski definition) is 6. The molecule has 6 nitrogen and oxygen atoms in total. The van der Waals surface area contributed by atoms with Gasteiger partial charge in [0.2, 0.25) is 16.6 Å². The molecule has 1 aromatic rings. The first kappa shape index (κ1) is 59.9. The Balaban J connectivity index is 0. The molecule has 3 rings (SSSR count). The van der Waals surface area contributed by atoms with Crippen LogP contribution in [-0.2, 0) is 23.2 Å². The number of halogens is 3. The van der Waals surface area contributed by atoms with E-state index in [9.17, 15) is 26.4 Å². The Morgan fingerprint density at radius 3 is 1.32 bits per heavy atom. The first-order valence-corrected chi connectivity index (χ1v) is 29.3. The summed E-state index contributed by atoms with van der Waals surface area (Å²) in [5.41, 5.74) is -0.919. The van der Waals surface area contributed by atoms with Gasteiger partial charge in [0, 0.05) is 6.42 Å². The summed E-state index contributed by atoms with van der Waals surface area (Å²) in [5.74, 6) is 2.96. The Bertz CT molecular complexity index is 1510. The van der Waals surface area contributed by atoms with Crippen LogP contribution in [0.4, 0.5) is 13.2 Å². The molecular weight excluding hydrogens is 817 g/mol. The molecule has 2 aliphatic rings. The van der Waals surface area contributed by atoms with E-state index >= 15 is 0 Å². The molecule has 2 aliphatic carbocycles. The molecule has 0 fully saturated rings. The maximum atomic E-state index is 12.5. The van der Waals surface area contributed by atoms with Gasteiger partial charge in [-0.1, -0.05) is 149 Å². The van der Waals surface area contributed by atoms with Gasteiger partial charge in [0.1, 0.15) is 0 Å². The van der Waals surface area contributed by atoms with Crippen molar-refractivity contribution in [2.45, 2.75) is 207 Å². The van der Waals surface area contributed by atoms with Crippen LogP contribution in [0, 0.1) is 5.92 Å². The molecule has 0 aliphatic heterocycles. The smallest absolute Gasteiger partial charge is 0.611 e. The Morgan fingerprint density at radius 2 is 1.08 bits per heavy atom. The van der Waals surface area contributed by atoms with E-state index < -0.39 is 40.6 Å². The van der Waals surface area contributed by atoms with E-state index in [0.717, 1.165) is 24.4 Å². The van der Waals surface area contributed by atoms with Crippen molar-refractivity contribution in [3.8, 4) is 5.75 Å². The molecule has 0 saturated carbocycles. The molecule has 0 bridgehead atoms. The van der Waals surface area contributed by atoms with Gasteiger partial charge in [-0.15, -0.1) is 6.07 Å². The van der Waals surface area contributed by atoms with Crippen molar-refractivity contribution in [3.05, 3.63) is 59.9 Å². The summed E-state index contributed by atoms with van der Waals surface area (Å²) < 4.78 is 77.6. The SMILES string of the molecule is CC(C)[Si](OC1=CCC=C1)(C(C)C)C(C)C.CC(C)[Si](OS(=O)(=O)C(F)(F)F)(C(C)C)C(C)C.CC(C)[Si](Oc1cc[cH-]c1)(C(C)C)C(C)C.CC1=CC(=O)CC1C.[Li+]. The number of allylic oxidation sites excluding steroid dienone is 5. The monoisotopic (exact) mass is 899 g/mol. The van der Waals surface area contributed by atoms with Crippen molar-refractivity contribution in [2.75, 3.05) is 0 Å². The van der Waals surface area contributed by atoms with E-state index in [4.69, 9.17) is 12.7 Å². The average molecular weight is 899 g/mol. The van der Waals surface area contributed by atoms with Crippen molar-refractivity contribution in [2.24, 2.45) is 5.92 Å². The van der Waals surface area contributed by atoms with Crippen LogP contribution < -0.4 is 23.3 Å². The first-order chi connectivity index (χ1) is 26.3. The maximum absolute atomic E-state index is 12.5. The molecule has 1 aromatic carbocycles. The number of alkyl halides is 3. The number of hydrogen-bond donors (Lipinski definition) is 0. The van der Waals surface area contributed by atoms with Crippen LogP contribution in [0.1, 0.15) is 151 Å². The summed E-state index contributed by atoms with van der Waals surface area (Å²) in [5, 5.41) is 0. The number of carbonyl (C=O) groups is 1. The zero-order valence-electron chi connectivity index (χ0n) is 40.8. The molecule has 338 valence electrons. The molecular formula is C45H82F3LiO6SSi3. The zero-order chi connectivity index (χ0) is 45.8. The number of rotatable bonds is 15. The second-order valence-electron chi connectivity index (χ2n) is 19.0. The van der Waals surface area contributed by atoms with Gasteiger partial charge < -0.3 is 12.7 Å². The molecule has 0 spiro atoms. The molecule has 0 amide bonds. The quantitative estimate of drug-likeness (QED) is 0.0991. The molecule has 0 saturated heterocycles. The first-order valence-electron chi connectivity index (χ1n) is 21.5. The largest absolute Gasteiger partial charge is 1.00 e. The van der Waals surface area contributed by atoms with Crippen LogP contribution in [0.5, 0.6) is 5.75 Å². The van der Waals surface area contributed by atoms with Gasteiger partial charge in [0.15, 0.2) is 5.78 Å². The molecule has 0 N–H and O–H groups in total. The molecule has 1 unspecified atom stereocenters. The zero-order valence-corrected chi connectivity index (χ0v) is 44.6. The normalized spacial score (nSPS) is 16.3. The summed E-state index contributed by atoms with van der Waals surface area (Å²) in [6.07, 6.45) is 10.0. The third kappa shape index (κ3) is 15.8. The van der Waals surface area contributed by atoms with Crippen LogP contribution in [0.25, 0.3) is 0 Å². The summed E-state index contributed by atoms with van der Waals surface area (Å²) in [4.78, 5) is 10.6. The van der Waals surface area contributed by atoms with Gasteiger partial charge in [-0.05, 0) is 87.4 Å². The molecule has 59 heavy (non-hydrogen) atoms. The van der Waals surface area contributed by atoms with E-state index in [1.807, 2.05) is 6.92 Å². The molecule has 1 atom stereocenters. The molecule has 14 heteroatoms. The van der Waals surface area contributed by atoms with Crippen molar-refractivity contribution >= 4 is 40.9 Å². The number of ketones is 1. The van der Waals surface area contributed by atoms with E-state index in [2.05, 4.69) is 133 Å². The van der Waals surface area contributed by atoms with Crippen LogP contribution in [0.2, 0.25) is 49.9 Å². The third-order valence-corrected chi connectivity index (χ3v) is 32.3. The fraction of sp³-hybridized carbons (Fsp3) is 0.733. The Morgan fingerprint density at radius 1 is 0.695 bits per heavy atom. The second-order valence-corrected chi connectivity index (χ2v) is 36.9. The van der Waals surface area contributed by atoms with Crippen molar-refractivity contribution in [1.82, 2.24) is 0 Å². The van der Waals surface area contributed by atoms with E-state index in [0.29, 0.717) is 39.2 Å². The maximum Gasteiger partial charge on any atom is 1.00 e. The van der Waals surface area contributed by atoms with Gasteiger partial charge >= 0.3 is 34.5 Å². The second kappa shape index (κ2) is 25.2. The minimum atomic E-state index is -5.53. The minimum Gasteiger partial charge on any atom is -0.611 e. The molecule has 0 heterocycles. The van der Waals surface area contributed by atoms with Crippen LogP contribution in [0.15, 0.2) is 59.9 Å². The average Bonchev–Trinajstić information content (AvgIpc) is 3.83. The summed E-state index contributed by atoms with van der Waals surface area (Å²) in [6, 6.07) is 8.26. The molecule has 0 aromatic heterocycles. The van der Waals surface area contributed by atoms with Crippen LogP contribution in [0.3, 0.4) is 0 Å². The topological polar surface area (TPSA) is 78.9 Å². The van der Waals surface area contributed by atoms with Gasteiger partial charge in [0.25, 0.3) is 8.32 Å². The van der Waals surface area contributed by atoms with E-state index in [1.54, 1.807) is 47.6 Å². The Kier molecular flexibility index (Phi) is 25.6. The summed E-state index contributed by atoms with van der Waals surface area (Å²) in [7, 11) is -12.1. The Labute approximate surface area is 375 Å². The predicted molar refractivity (Wildman–Crippen MR) is 247 cm³/mol. The fourth-order valence-electron chi connectivity index (χ4n) is 9.50. The standard InChI is InChI=1S/C14H26OSi.C14H25OSi.C10H21F3O3SSi.C7H10O.Li/c2*1-11(2)16(12(3)4,13(5)6)15-14-9-7-8-10-14;1-7(2)18(8(3)4,9(5)6)16-17(14,15)10(11,12)13;1-5-3-7(8)4-6(5)2;/h7,9-13H,8H2,1-6H3;7-13H,1-6H3;7-9H,1-6H3;3,6H,4H2,1-2H3;/q;-1;;;+1. The predicted octanol–water partition coefficient (Wildman–Crippen LogP) is 12.6. The van der Waals surface area contributed by atoms with Crippen molar-refractivity contribution < 1.29 is 58.0 Å². The summed E-state index contributed by atoms with van der Waals surface area (Å²) in [6.45, 7) is 42.2.